The van der Waals surface area contributed by atoms with E-state index < -0.39 is 10.0 Å². The fourth-order valence-corrected chi connectivity index (χ4v) is 4.65. The fourth-order valence-electron chi connectivity index (χ4n) is 3.33. The molecule has 1 aromatic heterocycles. The fraction of sp³-hybridized carbons (Fsp3) is 0.643. The first-order chi connectivity index (χ1) is 10.0. The first-order valence-electron chi connectivity index (χ1n) is 7.25. The Kier molecular flexibility index (Phi) is 3.90. The first-order valence-corrected chi connectivity index (χ1v) is 8.69. The van der Waals surface area contributed by atoms with Gasteiger partial charge in [0, 0.05) is 31.2 Å². The molecule has 3 rings (SSSR count). The third kappa shape index (κ3) is 2.77. The molecule has 2 bridgehead atoms. The molecule has 1 N–H and O–H groups in total. The van der Waals surface area contributed by atoms with Crippen LogP contribution in [0.3, 0.4) is 0 Å². The number of methoxy groups -OCH3 is 1. The minimum atomic E-state index is -3.50. The summed E-state index contributed by atoms with van der Waals surface area (Å²) >= 11 is 0. The highest BCUT2D eigenvalue weighted by Gasteiger charge is 2.38. The van der Waals surface area contributed by atoms with Crippen LogP contribution >= 0.6 is 0 Å². The number of sulfonamides is 1. The summed E-state index contributed by atoms with van der Waals surface area (Å²) in [7, 11) is -0.312. The predicted octanol–water partition coefficient (Wildman–Crippen LogP) is 0.994. The van der Waals surface area contributed by atoms with Gasteiger partial charge in [0.2, 0.25) is 15.9 Å². The molecular formula is C14H21N3O3S. The molecule has 7 heteroatoms. The van der Waals surface area contributed by atoms with Crippen LogP contribution in [0, 0.1) is 0 Å². The van der Waals surface area contributed by atoms with E-state index in [2.05, 4.69) is 10.3 Å². The highest BCUT2D eigenvalue weighted by molar-refractivity contribution is 7.89. The van der Waals surface area contributed by atoms with E-state index in [0.29, 0.717) is 18.0 Å². The van der Waals surface area contributed by atoms with Crippen molar-refractivity contribution in [3.8, 4) is 5.88 Å². The maximum atomic E-state index is 12.7. The van der Waals surface area contributed by atoms with Gasteiger partial charge in [0.05, 0.1) is 13.3 Å². The van der Waals surface area contributed by atoms with E-state index in [9.17, 15) is 8.42 Å². The van der Waals surface area contributed by atoms with Gasteiger partial charge in [-0.3, -0.25) is 0 Å². The van der Waals surface area contributed by atoms with Crippen molar-refractivity contribution in [3.63, 3.8) is 0 Å². The van der Waals surface area contributed by atoms with Crippen molar-refractivity contribution in [2.24, 2.45) is 0 Å². The van der Waals surface area contributed by atoms with Crippen LogP contribution < -0.4 is 10.1 Å². The van der Waals surface area contributed by atoms with Gasteiger partial charge in [0.25, 0.3) is 0 Å². The van der Waals surface area contributed by atoms with Gasteiger partial charge in [0.15, 0.2) is 0 Å². The number of rotatable bonds is 4. The Labute approximate surface area is 125 Å². The molecule has 0 spiro atoms. The quantitative estimate of drug-likeness (QED) is 0.898. The smallest absolute Gasteiger partial charge is 0.244 e. The number of aromatic nitrogens is 1. The summed E-state index contributed by atoms with van der Waals surface area (Å²) in [5.41, 5.74) is 0. The van der Waals surface area contributed by atoms with Crippen molar-refractivity contribution in [1.29, 1.82) is 0 Å². The molecule has 2 saturated heterocycles. The van der Waals surface area contributed by atoms with Crippen molar-refractivity contribution >= 4 is 10.0 Å². The van der Waals surface area contributed by atoms with E-state index in [-0.39, 0.29) is 10.9 Å². The van der Waals surface area contributed by atoms with Crippen LogP contribution in [0.1, 0.15) is 25.7 Å². The van der Waals surface area contributed by atoms with E-state index in [1.54, 1.807) is 19.2 Å². The lowest BCUT2D eigenvalue weighted by atomic mass is 10.0. The van der Waals surface area contributed by atoms with E-state index in [1.807, 2.05) is 0 Å². The van der Waals surface area contributed by atoms with Crippen LogP contribution in [0.5, 0.6) is 5.88 Å². The predicted molar refractivity (Wildman–Crippen MR) is 78.7 cm³/mol. The average Bonchev–Trinajstić information content (AvgIpc) is 2.84. The number of hydrogen-bond donors (Lipinski definition) is 1. The van der Waals surface area contributed by atoms with Gasteiger partial charge >= 0.3 is 0 Å². The summed E-state index contributed by atoms with van der Waals surface area (Å²) in [6.45, 7) is 0. The molecule has 2 fully saturated rings. The maximum Gasteiger partial charge on any atom is 0.244 e. The van der Waals surface area contributed by atoms with Gasteiger partial charge in [-0.25, -0.2) is 13.4 Å². The number of ether oxygens (including phenoxy) is 1. The summed E-state index contributed by atoms with van der Waals surface area (Å²) in [5, 5.41) is 3.53. The number of fused-ring (bicyclic) bond motifs is 2. The molecule has 21 heavy (non-hydrogen) atoms. The van der Waals surface area contributed by atoms with Crippen molar-refractivity contribution in [2.45, 2.75) is 48.7 Å². The highest BCUT2D eigenvalue weighted by Crippen LogP contribution is 2.31. The summed E-state index contributed by atoms with van der Waals surface area (Å²) in [5.74, 6) is 0.413. The lowest BCUT2D eigenvalue weighted by Gasteiger charge is -2.34. The molecule has 2 atom stereocenters. The van der Waals surface area contributed by atoms with Gasteiger partial charge in [-0.2, -0.15) is 4.31 Å². The third-order valence-corrected chi connectivity index (χ3v) is 6.45. The maximum absolute atomic E-state index is 12.7. The van der Waals surface area contributed by atoms with Crippen molar-refractivity contribution < 1.29 is 13.2 Å². The number of piperidine rings is 1. The number of nitrogens with zero attached hydrogens (tertiary/aromatic N) is 2. The van der Waals surface area contributed by atoms with Crippen molar-refractivity contribution in [3.05, 3.63) is 18.3 Å². The zero-order valence-corrected chi connectivity index (χ0v) is 13.1. The molecule has 0 aliphatic carbocycles. The lowest BCUT2D eigenvalue weighted by Crippen LogP contribution is -2.48. The van der Waals surface area contributed by atoms with E-state index in [0.717, 1.165) is 25.7 Å². The molecule has 0 radical (unpaired) electrons. The monoisotopic (exact) mass is 311 g/mol. The van der Waals surface area contributed by atoms with Crippen molar-refractivity contribution in [2.75, 3.05) is 14.2 Å². The van der Waals surface area contributed by atoms with Crippen LogP contribution in [0.2, 0.25) is 0 Å². The molecule has 6 nitrogen and oxygen atoms in total. The average molecular weight is 311 g/mol. The molecule has 3 heterocycles. The van der Waals surface area contributed by atoms with Gasteiger partial charge in [-0.1, -0.05) is 0 Å². The van der Waals surface area contributed by atoms with Gasteiger partial charge < -0.3 is 10.1 Å². The van der Waals surface area contributed by atoms with E-state index in [1.165, 1.54) is 17.6 Å². The normalized spacial score (nSPS) is 28.8. The zero-order chi connectivity index (χ0) is 15.0. The topological polar surface area (TPSA) is 71.5 Å². The Balaban J connectivity index is 1.80. The molecule has 2 aliphatic rings. The van der Waals surface area contributed by atoms with Crippen LogP contribution in [0.25, 0.3) is 0 Å². The highest BCUT2D eigenvalue weighted by atomic mass is 32.2. The van der Waals surface area contributed by atoms with Gasteiger partial charge in [0.1, 0.15) is 4.90 Å². The second-order valence-electron chi connectivity index (χ2n) is 5.82. The van der Waals surface area contributed by atoms with Crippen LogP contribution in [-0.2, 0) is 10.0 Å². The number of nitrogens with one attached hydrogen (secondary N) is 1. The molecular weight excluding hydrogens is 290 g/mol. The summed E-state index contributed by atoms with van der Waals surface area (Å²) in [4.78, 5) is 4.21. The zero-order valence-electron chi connectivity index (χ0n) is 12.3. The van der Waals surface area contributed by atoms with Gasteiger partial charge in [-0.05, 0) is 31.7 Å². The standard InChI is InChI=1S/C14H21N3O3S/c1-17(12-7-10-3-4-11(8-12)16-10)21(18,19)13-5-6-14(20-2)15-9-13/h5-6,9-12,16H,3-4,7-8H2,1-2H3. The molecule has 0 amide bonds. The largest absolute Gasteiger partial charge is 0.481 e. The lowest BCUT2D eigenvalue weighted by molar-refractivity contribution is 0.251. The second-order valence-corrected chi connectivity index (χ2v) is 7.82. The summed E-state index contributed by atoms with van der Waals surface area (Å²) < 4.78 is 31.9. The molecule has 0 aromatic carbocycles. The first kappa shape index (κ1) is 14.7. The van der Waals surface area contributed by atoms with E-state index in [4.69, 9.17) is 4.74 Å². The van der Waals surface area contributed by atoms with Crippen LogP contribution in [0.15, 0.2) is 23.2 Å². The Bertz CT molecular complexity index is 590. The SMILES string of the molecule is COc1ccc(S(=O)(=O)N(C)C2CC3CCC(C2)N3)cn1. The summed E-state index contributed by atoms with van der Waals surface area (Å²) in [6.07, 6.45) is 5.43. The molecule has 116 valence electrons. The minimum absolute atomic E-state index is 0.0656. The van der Waals surface area contributed by atoms with Gasteiger partial charge in [-0.15, -0.1) is 0 Å². The Morgan fingerprint density at radius 3 is 2.48 bits per heavy atom. The Morgan fingerprint density at radius 2 is 1.95 bits per heavy atom. The Morgan fingerprint density at radius 1 is 1.29 bits per heavy atom. The molecule has 2 unspecified atom stereocenters. The Hall–Kier alpha value is -1.18. The van der Waals surface area contributed by atoms with Crippen LogP contribution in [0.4, 0.5) is 0 Å². The van der Waals surface area contributed by atoms with Crippen LogP contribution in [-0.4, -0.2) is 50.0 Å². The molecule has 1 aromatic rings. The third-order valence-electron chi connectivity index (χ3n) is 4.56. The number of hydrogen-bond acceptors (Lipinski definition) is 5. The molecule has 2 aliphatic heterocycles. The van der Waals surface area contributed by atoms with E-state index >= 15 is 0 Å². The minimum Gasteiger partial charge on any atom is -0.481 e. The summed E-state index contributed by atoms with van der Waals surface area (Å²) in [6, 6.07) is 4.11. The molecule has 0 saturated carbocycles. The number of pyridine rings is 1. The van der Waals surface area contributed by atoms with Crippen molar-refractivity contribution in [1.82, 2.24) is 14.6 Å². The second kappa shape index (κ2) is 5.55.